The van der Waals surface area contributed by atoms with Gasteiger partial charge in [-0.25, -0.2) is 0 Å². The molecule has 0 aromatic heterocycles. The van der Waals surface area contributed by atoms with Crippen LogP contribution >= 0.6 is 0 Å². The van der Waals surface area contributed by atoms with E-state index in [1.807, 2.05) is 6.92 Å². The Labute approximate surface area is 115 Å². The lowest BCUT2D eigenvalue weighted by Gasteiger charge is -2.21. The maximum atomic E-state index is 11.6. The van der Waals surface area contributed by atoms with Crippen LogP contribution < -0.4 is 0 Å². The number of carbonyl (C=O) groups is 2. The van der Waals surface area contributed by atoms with Gasteiger partial charge in [-0.2, -0.15) is 0 Å². The zero-order chi connectivity index (χ0) is 13.9. The summed E-state index contributed by atoms with van der Waals surface area (Å²) in [5, 5.41) is 0. The fourth-order valence-electron chi connectivity index (χ4n) is 2.25. The number of ether oxygens (including phenoxy) is 2. The standard InChI is InChI=1S/C15H26O4/c1-2-12-18-14(16)10-6-7-11-15(17)19-13-8-4-3-5-9-13/h13H,2-12H2,1H3. The Morgan fingerprint density at radius 1 is 1.00 bits per heavy atom. The number of unbranched alkanes of at least 4 members (excludes halogenated alkanes) is 1. The molecule has 110 valence electrons. The molecule has 4 heteroatoms. The molecule has 0 atom stereocenters. The first-order chi connectivity index (χ1) is 9.22. The van der Waals surface area contributed by atoms with Crippen LogP contribution in [0.15, 0.2) is 0 Å². The highest BCUT2D eigenvalue weighted by atomic mass is 16.5. The Hall–Kier alpha value is -1.06. The summed E-state index contributed by atoms with van der Waals surface area (Å²) >= 11 is 0. The van der Waals surface area contributed by atoms with Crippen molar-refractivity contribution in [2.45, 2.75) is 77.2 Å². The molecule has 19 heavy (non-hydrogen) atoms. The van der Waals surface area contributed by atoms with E-state index in [0.29, 0.717) is 32.3 Å². The summed E-state index contributed by atoms with van der Waals surface area (Å²) in [6.07, 6.45) is 8.80. The molecule has 0 unspecified atom stereocenters. The van der Waals surface area contributed by atoms with Crippen molar-refractivity contribution in [3.8, 4) is 0 Å². The Morgan fingerprint density at radius 2 is 1.63 bits per heavy atom. The van der Waals surface area contributed by atoms with Gasteiger partial charge in [0, 0.05) is 12.8 Å². The van der Waals surface area contributed by atoms with E-state index in [9.17, 15) is 9.59 Å². The molecule has 0 aliphatic heterocycles. The van der Waals surface area contributed by atoms with Crippen LogP contribution in [-0.4, -0.2) is 24.6 Å². The fourth-order valence-corrected chi connectivity index (χ4v) is 2.25. The van der Waals surface area contributed by atoms with Gasteiger partial charge in [0.1, 0.15) is 6.10 Å². The minimum Gasteiger partial charge on any atom is -0.466 e. The molecule has 0 N–H and O–H groups in total. The van der Waals surface area contributed by atoms with Crippen LogP contribution in [-0.2, 0) is 19.1 Å². The number of carbonyl (C=O) groups excluding carboxylic acids is 2. The monoisotopic (exact) mass is 270 g/mol. The average Bonchev–Trinajstić information content (AvgIpc) is 2.42. The second-order valence-corrected chi connectivity index (χ2v) is 5.18. The summed E-state index contributed by atoms with van der Waals surface area (Å²) in [5.74, 6) is -0.281. The van der Waals surface area contributed by atoms with Crippen LogP contribution in [0.4, 0.5) is 0 Å². The normalized spacial score (nSPS) is 16.1. The topological polar surface area (TPSA) is 52.6 Å². The van der Waals surface area contributed by atoms with Crippen molar-refractivity contribution in [3.05, 3.63) is 0 Å². The maximum absolute atomic E-state index is 11.6. The predicted molar refractivity (Wildman–Crippen MR) is 72.7 cm³/mol. The molecule has 0 heterocycles. The average molecular weight is 270 g/mol. The van der Waals surface area contributed by atoms with Gasteiger partial charge in [0.15, 0.2) is 0 Å². The third-order valence-corrected chi connectivity index (χ3v) is 3.33. The number of hydrogen-bond acceptors (Lipinski definition) is 4. The lowest BCUT2D eigenvalue weighted by molar-refractivity contribution is -0.151. The first-order valence-electron chi connectivity index (χ1n) is 7.57. The van der Waals surface area contributed by atoms with Gasteiger partial charge < -0.3 is 9.47 Å². The van der Waals surface area contributed by atoms with Gasteiger partial charge in [-0.05, 0) is 44.9 Å². The van der Waals surface area contributed by atoms with Crippen LogP contribution in [0.5, 0.6) is 0 Å². The molecule has 1 rings (SSSR count). The van der Waals surface area contributed by atoms with Gasteiger partial charge in [0.2, 0.25) is 0 Å². The molecule has 1 aliphatic rings. The van der Waals surface area contributed by atoms with E-state index < -0.39 is 0 Å². The van der Waals surface area contributed by atoms with Crippen LogP contribution in [0, 0.1) is 0 Å². The van der Waals surface area contributed by atoms with Crippen LogP contribution in [0.3, 0.4) is 0 Å². The van der Waals surface area contributed by atoms with Crippen LogP contribution in [0.25, 0.3) is 0 Å². The Morgan fingerprint density at radius 3 is 2.26 bits per heavy atom. The minimum absolute atomic E-state index is 0.117. The molecule has 0 bridgehead atoms. The molecule has 4 nitrogen and oxygen atoms in total. The second kappa shape index (κ2) is 9.82. The predicted octanol–water partition coefficient (Wildman–Crippen LogP) is 3.38. The fraction of sp³-hybridized carbons (Fsp3) is 0.867. The zero-order valence-corrected chi connectivity index (χ0v) is 12.0. The summed E-state index contributed by atoms with van der Waals surface area (Å²) in [7, 11) is 0. The summed E-state index contributed by atoms with van der Waals surface area (Å²) in [6.45, 7) is 2.46. The van der Waals surface area contributed by atoms with E-state index in [-0.39, 0.29) is 18.0 Å². The molecular formula is C15H26O4. The van der Waals surface area contributed by atoms with E-state index in [2.05, 4.69) is 0 Å². The van der Waals surface area contributed by atoms with Gasteiger partial charge >= 0.3 is 11.9 Å². The SMILES string of the molecule is CCCOC(=O)CCCCC(=O)OC1CCCCC1. The smallest absolute Gasteiger partial charge is 0.306 e. The van der Waals surface area contributed by atoms with Gasteiger partial charge in [-0.15, -0.1) is 0 Å². The van der Waals surface area contributed by atoms with Gasteiger partial charge in [0.05, 0.1) is 6.61 Å². The molecule has 0 aromatic rings. The first kappa shape index (κ1) is 16.0. The third kappa shape index (κ3) is 7.85. The summed E-state index contributed by atoms with van der Waals surface area (Å²) < 4.78 is 10.4. The van der Waals surface area contributed by atoms with E-state index in [0.717, 1.165) is 19.3 Å². The van der Waals surface area contributed by atoms with Crippen molar-refractivity contribution >= 4 is 11.9 Å². The van der Waals surface area contributed by atoms with Crippen molar-refractivity contribution < 1.29 is 19.1 Å². The molecule has 0 amide bonds. The largest absolute Gasteiger partial charge is 0.466 e. The van der Waals surface area contributed by atoms with Crippen LogP contribution in [0.2, 0.25) is 0 Å². The Kier molecular flexibility index (Phi) is 8.26. The highest BCUT2D eigenvalue weighted by Gasteiger charge is 2.17. The van der Waals surface area contributed by atoms with E-state index in [1.165, 1.54) is 19.3 Å². The van der Waals surface area contributed by atoms with Crippen molar-refractivity contribution in [1.29, 1.82) is 0 Å². The number of rotatable bonds is 8. The van der Waals surface area contributed by atoms with Gasteiger partial charge in [0.25, 0.3) is 0 Å². The zero-order valence-electron chi connectivity index (χ0n) is 12.0. The summed E-state index contributed by atoms with van der Waals surface area (Å²) in [6, 6.07) is 0. The molecular weight excluding hydrogens is 244 g/mol. The highest BCUT2D eigenvalue weighted by molar-refractivity contribution is 5.70. The van der Waals surface area contributed by atoms with Crippen LogP contribution in [0.1, 0.15) is 71.1 Å². The van der Waals surface area contributed by atoms with Gasteiger partial charge in [-0.3, -0.25) is 9.59 Å². The number of esters is 2. The molecule has 1 aliphatic carbocycles. The Bertz CT molecular complexity index is 269. The quantitative estimate of drug-likeness (QED) is 0.501. The van der Waals surface area contributed by atoms with Crippen molar-refractivity contribution in [1.82, 2.24) is 0 Å². The van der Waals surface area contributed by atoms with E-state index in [4.69, 9.17) is 9.47 Å². The lowest BCUT2D eigenvalue weighted by atomic mass is 9.98. The lowest BCUT2D eigenvalue weighted by Crippen LogP contribution is -2.20. The van der Waals surface area contributed by atoms with E-state index in [1.54, 1.807) is 0 Å². The third-order valence-electron chi connectivity index (χ3n) is 3.33. The second-order valence-electron chi connectivity index (χ2n) is 5.18. The molecule has 1 saturated carbocycles. The Balaban J connectivity index is 1.99. The van der Waals surface area contributed by atoms with Crippen molar-refractivity contribution in [2.24, 2.45) is 0 Å². The van der Waals surface area contributed by atoms with Crippen molar-refractivity contribution in [3.63, 3.8) is 0 Å². The minimum atomic E-state index is -0.164. The number of hydrogen-bond donors (Lipinski definition) is 0. The highest BCUT2D eigenvalue weighted by Crippen LogP contribution is 2.20. The summed E-state index contributed by atoms with van der Waals surface area (Å²) in [5.41, 5.74) is 0. The maximum Gasteiger partial charge on any atom is 0.306 e. The van der Waals surface area contributed by atoms with E-state index >= 15 is 0 Å². The summed E-state index contributed by atoms with van der Waals surface area (Å²) in [4.78, 5) is 22.8. The van der Waals surface area contributed by atoms with Crippen molar-refractivity contribution in [2.75, 3.05) is 6.61 Å². The molecule has 0 radical (unpaired) electrons. The molecule has 0 spiro atoms. The first-order valence-corrected chi connectivity index (χ1v) is 7.57. The molecule has 0 aromatic carbocycles. The van der Waals surface area contributed by atoms with Gasteiger partial charge in [-0.1, -0.05) is 13.3 Å². The molecule has 1 fully saturated rings. The molecule has 0 saturated heterocycles.